The van der Waals surface area contributed by atoms with Gasteiger partial charge in [-0.3, -0.25) is 0 Å². The molecule has 4 heteroatoms. The summed E-state index contributed by atoms with van der Waals surface area (Å²) in [5.74, 6) is 1.45. The molecule has 0 aliphatic heterocycles. The molecule has 0 saturated carbocycles. The molecular weight excluding hydrogens is 562 g/mol. The van der Waals surface area contributed by atoms with Gasteiger partial charge >= 0.3 is 0 Å². The average Bonchev–Trinajstić information content (AvgIpc) is 3.67. The van der Waals surface area contributed by atoms with Gasteiger partial charge in [0.05, 0.1) is 13.3 Å². The number of hydrogen-bond acceptors (Lipinski definition) is 2. The molecule has 226 valence electrons. The van der Waals surface area contributed by atoms with Gasteiger partial charge in [-0.25, -0.2) is 4.57 Å². The van der Waals surface area contributed by atoms with Crippen LogP contribution < -0.4 is 4.57 Å². The molecule has 0 amide bonds. The van der Waals surface area contributed by atoms with E-state index in [1.165, 1.54) is 33.4 Å². The van der Waals surface area contributed by atoms with E-state index >= 15 is 0 Å². The van der Waals surface area contributed by atoms with Crippen molar-refractivity contribution in [2.24, 2.45) is 7.05 Å². The first kappa shape index (κ1) is 29.3. The molecule has 46 heavy (non-hydrogen) atoms. The number of fused-ring (bicyclic) bond motifs is 2. The molecule has 0 saturated heterocycles. The molecule has 0 N–H and O–H groups in total. The maximum Gasteiger partial charge on any atom is 0.299 e. The van der Waals surface area contributed by atoms with E-state index in [4.69, 9.17) is 4.42 Å². The van der Waals surface area contributed by atoms with E-state index in [2.05, 4.69) is 142 Å². The third kappa shape index (κ3) is 4.71. The zero-order valence-electron chi connectivity index (χ0n) is 27.3. The van der Waals surface area contributed by atoms with Crippen LogP contribution in [-0.2, 0) is 7.05 Å². The van der Waals surface area contributed by atoms with Gasteiger partial charge in [-0.2, -0.15) is 9.83 Å². The first-order chi connectivity index (χ1) is 22.3. The lowest BCUT2D eigenvalue weighted by atomic mass is 9.87. The van der Waals surface area contributed by atoms with Crippen molar-refractivity contribution in [3.63, 3.8) is 0 Å². The second kappa shape index (κ2) is 11.5. The molecule has 0 fully saturated rings. The van der Waals surface area contributed by atoms with Crippen LogP contribution >= 0.6 is 0 Å². The van der Waals surface area contributed by atoms with Gasteiger partial charge in [0, 0.05) is 16.5 Å². The van der Waals surface area contributed by atoms with Crippen molar-refractivity contribution in [2.45, 2.75) is 46.5 Å². The molecule has 0 radical (unpaired) electrons. The largest absolute Gasteiger partial charge is 0.463 e. The van der Waals surface area contributed by atoms with Crippen molar-refractivity contribution >= 4 is 22.0 Å². The summed E-state index contributed by atoms with van der Waals surface area (Å²) in [5.41, 5.74) is 14.0. The lowest BCUT2D eigenvalue weighted by molar-refractivity contribution is -0.633. The number of hydrogen-bond donors (Lipinski definition) is 0. The van der Waals surface area contributed by atoms with Crippen LogP contribution in [0.25, 0.3) is 61.3 Å². The highest BCUT2D eigenvalue weighted by molar-refractivity contribution is 5.95. The zero-order chi connectivity index (χ0) is 32.1. The number of aromatic nitrogens is 2. The Hall–Kier alpha value is -5.40. The van der Waals surface area contributed by atoms with Gasteiger partial charge in [0.15, 0.2) is 11.0 Å². The van der Waals surface area contributed by atoms with Crippen molar-refractivity contribution in [1.82, 2.24) is 4.57 Å². The Bertz CT molecular complexity index is 2250. The molecular formula is C42H38N3O+. The molecule has 2 heterocycles. The first-order valence-electron chi connectivity index (χ1n) is 16.0. The Balaban J connectivity index is 1.56. The van der Waals surface area contributed by atoms with Gasteiger partial charge in [0.2, 0.25) is 0 Å². The van der Waals surface area contributed by atoms with Crippen LogP contribution in [0.3, 0.4) is 0 Å². The summed E-state index contributed by atoms with van der Waals surface area (Å²) in [5, 5.41) is 11.5. The summed E-state index contributed by atoms with van der Waals surface area (Å²) >= 11 is 0. The van der Waals surface area contributed by atoms with Crippen molar-refractivity contribution in [3.8, 4) is 45.4 Å². The van der Waals surface area contributed by atoms with E-state index in [1.54, 1.807) is 6.26 Å². The van der Waals surface area contributed by atoms with E-state index in [1.807, 2.05) is 18.2 Å². The summed E-state index contributed by atoms with van der Waals surface area (Å²) in [6.07, 6.45) is 1.76. The zero-order valence-corrected chi connectivity index (χ0v) is 27.3. The van der Waals surface area contributed by atoms with Gasteiger partial charge in [-0.05, 0) is 76.9 Å². The van der Waals surface area contributed by atoms with E-state index in [-0.39, 0.29) is 11.8 Å². The molecule has 7 aromatic rings. The number of nitrogens with zero attached hydrogens (tertiary/aromatic N) is 3. The maximum absolute atomic E-state index is 10.4. The fourth-order valence-corrected chi connectivity index (χ4v) is 6.87. The van der Waals surface area contributed by atoms with Crippen molar-refractivity contribution in [1.29, 1.82) is 5.26 Å². The molecule has 4 nitrogen and oxygen atoms in total. The van der Waals surface area contributed by atoms with Crippen LogP contribution in [0.4, 0.5) is 0 Å². The minimum Gasteiger partial charge on any atom is -0.463 e. The topological polar surface area (TPSA) is 45.7 Å². The van der Waals surface area contributed by atoms with E-state index in [9.17, 15) is 5.26 Å². The van der Waals surface area contributed by atoms with E-state index in [0.717, 1.165) is 44.6 Å². The van der Waals surface area contributed by atoms with Gasteiger partial charge in [-0.15, -0.1) is 0 Å². The molecule has 2 aromatic heterocycles. The number of furan rings is 1. The van der Waals surface area contributed by atoms with Crippen LogP contribution in [0.15, 0.2) is 114 Å². The second-order valence-electron chi connectivity index (χ2n) is 12.9. The molecule has 7 rings (SSSR count). The van der Waals surface area contributed by atoms with Crippen LogP contribution in [0, 0.1) is 18.3 Å². The number of aryl methyl sites for hydroxylation is 2. The monoisotopic (exact) mass is 600 g/mol. The van der Waals surface area contributed by atoms with Crippen molar-refractivity contribution in [3.05, 3.63) is 132 Å². The normalized spacial score (nSPS) is 11.6. The fourth-order valence-electron chi connectivity index (χ4n) is 6.87. The van der Waals surface area contributed by atoms with Gasteiger partial charge in [0.25, 0.3) is 5.82 Å². The molecule has 0 spiro atoms. The Morgan fingerprint density at radius 2 is 1.35 bits per heavy atom. The molecule has 5 aromatic carbocycles. The second-order valence-corrected chi connectivity index (χ2v) is 12.9. The summed E-state index contributed by atoms with van der Waals surface area (Å²) in [7, 11) is 2.10. The minimum atomic E-state index is 0.224. The highest BCUT2D eigenvalue weighted by atomic mass is 16.3. The molecule has 0 atom stereocenters. The number of para-hydroxylation sites is 1. The van der Waals surface area contributed by atoms with Crippen LogP contribution in [0.1, 0.15) is 61.8 Å². The molecule has 0 unspecified atom stereocenters. The van der Waals surface area contributed by atoms with Gasteiger partial charge < -0.3 is 4.42 Å². The Labute approximate surface area is 270 Å². The Morgan fingerprint density at radius 3 is 1.98 bits per heavy atom. The average molecular weight is 601 g/mol. The Kier molecular flexibility index (Phi) is 7.34. The SMILES string of the molecule is Cc1ccc2ccoc2c1-c1n(-c2c(C(C)C)cc(-c3ccc(-c4ccccc4)cc3)cc2C(C)C)c2c(C#N)cccc2[n+]1C. The predicted octanol–water partition coefficient (Wildman–Crippen LogP) is 10.6. The summed E-state index contributed by atoms with van der Waals surface area (Å²) in [6, 6.07) is 38.9. The van der Waals surface area contributed by atoms with Gasteiger partial charge in [-0.1, -0.05) is 100 Å². The molecule has 0 aliphatic rings. The molecule has 0 aliphatic carbocycles. The fraction of sp³-hybridized carbons (Fsp3) is 0.190. The molecule has 0 bridgehead atoms. The smallest absolute Gasteiger partial charge is 0.299 e. The summed E-state index contributed by atoms with van der Waals surface area (Å²) in [6.45, 7) is 11.2. The lowest BCUT2D eigenvalue weighted by Gasteiger charge is -2.21. The number of imidazole rings is 1. The van der Waals surface area contributed by atoms with Crippen LogP contribution in [0.5, 0.6) is 0 Å². The Morgan fingerprint density at radius 1 is 0.717 bits per heavy atom. The van der Waals surface area contributed by atoms with Gasteiger partial charge in [0.1, 0.15) is 28.5 Å². The highest BCUT2D eigenvalue weighted by Crippen LogP contribution is 2.42. The third-order valence-electron chi connectivity index (χ3n) is 9.27. The maximum atomic E-state index is 10.4. The minimum absolute atomic E-state index is 0.224. The standard InChI is InChI=1S/C42H38N3O/c1-26(2)35-23-34(31-19-17-30(18-20-31)29-11-8-7-9-12-29)24-36(27(3)4)40(35)45-39-33(25-43)13-10-14-37(39)44(6)42(45)38-28(5)15-16-32-21-22-46-41(32)38/h7-24,26-27H,1-6H3/q+1. The first-order valence-corrected chi connectivity index (χ1v) is 16.0. The predicted molar refractivity (Wildman–Crippen MR) is 188 cm³/mol. The quantitative estimate of drug-likeness (QED) is 0.178. The summed E-state index contributed by atoms with van der Waals surface area (Å²) < 4.78 is 10.7. The highest BCUT2D eigenvalue weighted by Gasteiger charge is 2.35. The van der Waals surface area contributed by atoms with E-state index in [0.29, 0.717) is 5.56 Å². The third-order valence-corrected chi connectivity index (χ3v) is 9.27. The summed E-state index contributed by atoms with van der Waals surface area (Å²) in [4.78, 5) is 0. The van der Waals surface area contributed by atoms with Crippen LogP contribution in [0.2, 0.25) is 0 Å². The number of benzene rings is 5. The van der Waals surface area contributed by atoms with Crippen LogP contribution in [-0.4, -0.2) is 4.57 Å². The number of nitriles is 1. The van der Waals surface area contributed by atoms with Crippen molar-refractivity contribution in [2.75, 3.05) is 0 Å². The van der Waals surface area contributed by atoms with E-state index < -0.39 is 0 Å². The lowest BCUT2D eigenvalue weighted by Crippen LogP contribution is -2.30. The number of rotatable bonds is 6. The van der Waals surface area contributed by atoms with Crippen molar-refractivity contribution < 1.29 is 8.98 Å².